The average Bonchev–Trinajstić information content (AvgIpc) is 2.28. The standard InChI is InChI=1S/C15H25NO/c1-5-16-10-7-11-17-14-9-6-8-13(12-14)15(2,3)4/h6,8-9,12,16H,5,7,10-11H2,1-4H3. The van der Waals surface area contributed by atoms with Gasteiger partial charge in [-0.1, -0.05) is 39.8 Å². The maximum atomic E-state index is 5.75. The van der Waals surface area contributed by atoms with Crippen LogP contribution < -0.4 is 10.1 Å². The van der Waals surface area contributed by atoms with E-state index in [1.54, 1.807) is 0 Å². The van der Waals surface area contributed by atoms with Crippen LogP contribution in [-0.2, 0) is 5.41 Å². The minimum absolute atomic E-state index is 0.184. The van der Waals surface area contributed by atoms with Crippen molar-refractivity contribution in [1.82, 2.24) is 5.32 Å². The molecule has 0 atom stereocenters. The fourth-order valence-electron chi connectivity index (χ4n) is 1.62. The molecule has 1 aromatic carbocycles. The summed E-state index contributed by atoms with van der Waals surface area (Å²) in [6.07, 6.45) is 1.05. The Kier molecular flexibility index (Phi) is 5.49. The Labute approximate surface area is 105 Å². The first kappa shape index (κ1) is 14.0. The summed E-state index contributed by atoms with van der Waals surface area (Å²) < 4.78 is 5.75. The summed E-state index contributed by atoms with van der Waals surface area (Å²) in [6, 6.07) is 8.40. The van der Waals surface area contributed by atoms with Gasteiger partial charge in [-0.15, -0.1) is 0 Å². The minimum Gasteiger partial charge on any atom is -0.494 e. The molecule has 0 unspecified atom stereocenters. The Balaban J connectivity index is 2.44. The van der Waals surface area contributed by atoms with E-state index in [2.05, 4.69) is 51.2 Å². The Hall–Kier alpha value is -1.02. The molecule has 0 amide bonds. The van der Waals surface area contributed by atoms with E-state index in [9.17, 15) is 0 Å². The molecule has 2 heteroatoms. The van der Waals surface area contributed by atoms with E-state index in [0.29, 0.717) is 0 Å². The molecule has 0 heterocycles. The van der Waals surface area contributed by atoms with Crippen molar-refractivity contribution >= 4 is 0 Å². The molecule has 96 valence electrons. The van der Waals surface area contributed by atoms with Crippen LogP contribution in [0.3, 0.4) is 0 Å². The fourth-order valence-corrected chi connectivity index (χ4v) is 1.62. The van der Waals surface area contributed by atoms with E-state index in [4.69, 9.17) is 4.74 Å². The van der Waals surface area contributed by atoms with Crippen molar-refractivity contribution in [3.8, 4) is 5.75 Å². The molecule has 0 aliphatic rings. The topological polar surface area (TPSA) is 21.3 Å². The van der Waals surface area contributed by atoms with Gasteiger partial charge in [-0.2, -0.15) is 0 Å². The molecular formula is C15H25NO. The molecule has 0 spiro atoms. The predicted molar refractivity (Wildman–Crippen MR) is 73.8 cm³/mol. The lowest BCUT2D eigenvalue weighted by molar-refractivity contribution is 0.308. The van der Waals surface area contributed by atoms with Crippen LogP contribution in [-0.4, -0.2) is 19.7 Å². The number of nitrogens with one attached hydrogen (secondary N) is 1. The number of rotatable bonds is 6. The molecule has 0 bridgehead atoms. The van der Waals surface area contributed by atoms with E-state index in [1.807, 2.05) is 6.07 Å². The van der Waals surface area contributed by atoms with Gasteiger partial charge in [0, 0.05) is 0 Å². The second-order valence-electron chi connectivity index (χ2n) is 5.33. The second kappa shape index (κ2) is 6.65. The van der Waals surface area contributed by atoms with Crippen molar-refractivity contribution < 1.29 is 4.74 Å². The highest BCUT2D eigenvalue weighted by atomic mass is 16.5. The zero-order valence-electron chi connectivity index (χ0n) is 11.5. The summed E-state index contributed by atoms with van der Waals surface area (Å²) in [5, 5.41) is 3.29. The van der Waals surface area contributed by atoms with E-state index < -0.39 is 0 Å². The molecule has 1 aromatic rings. The lowest BCUT2D eigenvalue weighted by Gasteiger charge is -2.19. The predicted octanol–water partition coefficient (Wildman–Crippen LogP) is 3.36. The summed E-state index contributed by atoms with van der Waals surface area (Å²) in [6.45, 7) is 11.6. The second-order valence-corrected chi connectivity index (χ2v) is 5.33. The van der Waals surface area contributed by atoms with Crippen LogP contribution in [0.1, 0.15) is 39.7 Å². The summed E-state index contributed by atoms with van der Waals surface area (Å²) >= 11 is 0. The Morgan fingerprint density at radius 3 is 2.65 bits per heavy atom. The van der Waals surface area contributed by atoms with Crippen molar-refractivity contribution in [3.05, 3.63) is 29.8 Å². The Bertz CT molecular complexity index is 328. The lowest BCUT2D eigenvalue weighted by Crippen LogP contribution is -2.16. The first-order valence-corrected chi connectivity index (χ1v) is 6.48. The van der Waals surface area contributed by atoms with Crippen molar-refractivity contribution in [2.45, 2.75) is 39.5 Å². The number of ether oxygens (including phenoxy) is 1. The summed E-state index contributed by atoms with van der Waals surface area (Å²) in [4.78, 5) is 0. The molecule has 17 heavy (non-hydrogen) atoms. The van der Waals surface area contributed by atoms with Crippen LogP contribution >= 0.6 is 0 Å². The maximum absolute atomic E-state index is 5.75. The first-order valence-electron chi connectivity index (χ1n) is 6.48. The molecule has 0 aliphatic heterocycles. The maximum Gasteiger partial charge on any atom is 0.119 e. The van der Waals surface area contributed by atoms with Gasteiger partial charge in [0.25, 0.3) is 0 Å². The monoisotopic (exact) mass is 235 g/mol. The largest absolute Gasteiger partial charge is 0.494 e. The minimum atomic E-state index is 0.184. The van der Waals surface area contributed by atoms with Gasteiger partial charge in [-0.05, 0) is 42.6 Å². The number of hydrogen-bond donors (Lipinski definition) is 1. The lowest BCUT2D eigenvalue weighted by atomic mass is 9.87. The summed E-state index contributed by atoms with van der Waals surface area (Å²) in [5.41, 5.74) is 1.50. The molecule has 0 saturated carbocycles. The van der Waals surface area contributed by atoms with Crippen LogP contribution in [0.4, 0.5) is 0 Å². The van der Waals surface area contributed by atoms with Gasteiger partial charge >= 0.3 is 0 Å². The number of hydrogen-bond acceptors (Lipinski definition) is 2. The zero-order valence-corrected chi connectivity index (χ0v) is 11.5. The van der Waals surface area contributed by atoms with Crippen molar-refractivity contribution in [3.63, 3.8) is 0 Å². The summed E-state index contributed by atoms with van der Waals surface area (Å²) in [5.74, 6) is 0.980. The zero-order chi connectivity index (χ0) is 12.7. The smallest absolute Gasteiger partial charge is 0.119 e. The van der Waals surface area contributed by atoms with Gasteiger partial charge < -0.3 is 10.1 Å². The molecule has 1 rings (SSSR count). The molecule has 0 radical (unpaired) electrons. The molecule has 2 nitrogen and oxygen atoms in total. The normalized spacial score (nSPS) is 11.5. The number of benzene rings is 1. The SMILES string of the molecule is CCNCCCOc1cccc(C(C)(C)C)c1. The highest BCUT2D eigenvalue weighted by molar-refractivity contribution is 5.32. The Morgan fingerprint density at radius 1 is 1.24 bits per heavy atom. The van der Waals surface area contributed by atoms with E-state index in [0.717, 1.165) is 31.9 Å². The quantitative estimate of drug-likeness (QED) is 0.763. The average molecular weight is 235 g/mol. The van der Waals surface area contributed by atoms with Gasteiger partial charge in [-0.3, -0.25) is 0 Å². The van der Waals surface area contributed by atoms with Crippen LogP contribution in [0.5, 0.6) is 5.75 Å². The molecule has 1 N–H and O–H groups in total. The molecule has 0 fully saturated rings. The van der Waals surface area contributed by atoms with Gasteiger partial charge in [0.05, 0.1) is 6.61 Å². The van der Waals surface area contributed by atoms with Crippen molar-refractivity contribution in [2.75, 3.05) is 19.7 Å². The van der Waals surface area contributed by atoms with Gasteiger partial charge in [-0.25, -0.2) is 0 Å². The van der Waals surface area contributed by atoms with E-state index in [1.165, 1.54) is 5.56 Å². The van der Waals surface area contributed by atoms with Crippen LogP contribution in [0, 0.1) is 0 Å². The third-order valence-corrected chi connectivity index (χ3v) is 2.72. The first-order chi connectivity index (χ1) is 8.04. The molecule has 0 aliphatic carbocycles. The highest BCUT2D eigenvalue weighted by Crippen LogP contribution is 2.25. The fraction of sp³-hybridized carbons (Fsp3) is 0.600. The molecular weight excluding hydrogens is 210 g/mol. The summed E-state index contributed by atoms with van der Waals surface area (Å²) in [7, 11) is 0. The highest BCUT2D eigenvalue weighted by Gasteiger charge is 2.13. The third-order valence-electron chi connectivity index (χ3n) is 2.72. The third kappa shape index (κ3) is 5.22. The van der Waals surface area contributed by atoms with E-state index >= 15 is 0 Å². The van der Waals surface area contributed by atoms with Gasteiger partial charge in [0.1, 0.15) is 5.75 Å². The van der Waals surface area contributed by atoms with Gasteiger partial charge in [0.2, 0.25) is 0 Å². The van der Waals surface area contributed by atoms with E-state index in [-0.39, 0.29) is 5.41 Å². The van der Waals surface area contributed by atoms with Crippen molar-refractivity contribution in [2.24, 2.45) is 0 Å². The van der Waals surface area contributed by atoms with Crippen molar-refractivity contribution in [1.29, 1.82) is 0 Å². The molecule has 0 aromatic heterocycles. The van der Waals surface area contributed by atoms with Crippen LogP contribution in [0.25, 0.3) is 0 Å². The van der Waals surface area contributed by atoms with Gasteiger partial charge in [0.15, 0.2) is 0 Å². The van der Waals surface area contributed by atoms with Crippen LogP contribution in [0.15, 0.2) is 24.3 Å². The molecule has 0 saturated heterocycles. The van der Waals surface area contributed by atoms with Crippen LogP contribution in [0.2, 0.25) is 0 Å². The Morgan fingerprint density at radius 2 is 2.00 bits per heavy atom.